The van der Waals surface area contributed by atoms with Gasteiger partial charge in [0.25, 0.3) is 0 Å². The Hall–Kier alpha value is -0.290. The monoisotopic (exact) mass is 239 g/mol. The van der Waals surface area contributed by atoms with Crippen molar-refractivity contribution in [3.63, 3.8) is 0 Å². The first-order chi connectivity index (χ1) is 7.29. The highest BCUT2D eigenvalue weighted by atomic mass is 19.4. The van der Waals surface area contributed by atoms with Crippen molar-refractivity contribution in [2.45, 2.75) is 44.8 Å². The van der Waals surface area contributed by atoms with E-state index in [1.807, 2.05) is 6.92 Å². The van der Waals surface area contributed by atoms with E-state index in [1.165, 1.54) is 0 Å². The van der Waals surface area contributed by atoms with Crippen LogP contribution in [-0.4, -0.2) is 30.0 Å². The largest absolute Gasteiger partial charge is 0.401 e. The topological polar surface area (TPSA) is 32.3 Å². The Bertz CT molecular complexity index is 232. The molecule has 5 heteroatoms. The minimum absolute atomic E-state index is 0.0728. The van der Waals surface area contributed by atoms with Gasteiger partial charge in [-0.15, -0.1) is 0 Å². The molecule has 96 valence electrons. The number of aliphatic hydroxyl groups excluding tert-OH is 1. The predicted octanol–water partition coefficient (Wildman–Crippen LogP) is 2.33. The van der Waals surface area contributed by atoms with Gasteiger partial charge < -0.3 is 10.4 Å². The molecule has 0 aliphatic heterocycles. The third-order valence-corrected chi connectivity index (χ3v) is 3.71. The maximum absolute atomic E-state index is 12.2. The maximum atomic E-state index is 12.2. The van der Waals surface area contributed by atoms with Crippen LogP contribution in [0.3, 0.4) is 0 Å². The molecular weight excluding hydrogens is 219 g/mol. The standard InChI is InChI=1S/C11H20F3NO/c1-8-3-4-10(7-16,9(2)5-8)15-6-11(12,13)14/h8-9,15-16H,3-7H2,1-2H3. The van der Waals surface area contributed by atoms with Crippen LogP contribution < -0.4 is 5.32 Å². The van der Waals surface area contributed by atoms with Gasteiger partial charge in [-0.25, -0.2) is 0 Å². The Morgan fingerprint density at radius 1 is 1.38 bits per heavy atom. The van der Waals surface area contributed by atoms with Gasteiger partial charge in [-0.05, 0) is 31.1 Å². The summed E-state index contributed by atoms with van der Waals surface area (Å²) in [6, 6.07) is 0. The van der Waals surface area contributed by atoms with Crippen LogP contribution >= 0.6 is 0 Å². The average Bonchev–Trinajstić information content (AvgIpc) is 2.16. The summed E-state index contributed by atoms with van der Waals surface area (Å²) in [5.41, 5.74) is -0.748. The first-order valence-electron chi connectivity index (χ1n) is 5.72. The molecule has 0 aromatic carbocycles. The molecule has 0 radical (unpaired) electrons. The van der Waals surface area contributed by atoms with Gasteiger partial charge in [0, 0.05) is 5.54 Å². The van der Waals surface area contributed by atoms with Gasteiger partial charge in [-0.1, -0.05) is 13.8 Å². The summed E-state index contributed by atoms with van der Waals surface area (Å²) in [5.74, 6) is 0.603. The van der Waals surface area contributed by atoms with Crippen LogP contribution in [0.1, 0.15) is 33.1 Å². The van der Waals surface area contributed by atoms with E-state index in [9.17, 15) is 18.3 Å². The summed E-state index contributed by atoms with van der Waals surface area (Å²) in [7, 11) is 0. The Balaban J connectivity index is 2.62. The smallest absolute Gasteiger partial charge is 0.394 e. The highest BCUT2D eigenvalue weighted by molar-refractivity contribution is 4.96. The van der Waals surface area contributed by atoms with Crippen LogP contribution in [-0.2, 0) is 0 Å². The van der Waals surface area contributed by atoms with Crippen molar-refractivity contribution >= 4 is 0 Å². The molecule has 1 fully saturated rings. The van der Waals surface area contributed by atoms with Gasteiger partial charge >= 0.3 is 6.18 Å². The third-order valence-electron chi connectivity index (χ3n) is 3.71. The summed E-state index contributed by atoms with van der Waals surface area (Å²) in [6.45, 7) is 2.76. The van der Waals surface area contributed by atoms with E-state index in [-0.39, 0.29) is 12.5 Å². The number of halogens is 3. The fraction of sp³-hybridized carbons (Fsp3) is 1.00. The second kappa shape index (κ2) is 4.92. The molecule has 0 aromatic heterocycles. The molecular formula is C11H20F3NO. The van der Waals surface area contributed by atoms with Crippen LogP contribution in [0.15, 0.2) is 0 Å². The molecule has 0 saturated heterocycles. The predicted molar refractivity (Wildman–Crippen MR) is 56.1 cm³/mol. The second-order valence-corrected chi connectivity index (χ2v) is 5.06. The summed E-state index contributed by atoms with van der Waals surface area (Å²) in [5, 5.41) is 11.9. The van der Waals surface area contributed by atoms with E-state index in [2.05, 4.69) is 12.2 Å². The molecule has 2 N–H and O–H groups in total. The fourth-order valence-corrected chi connectivity index (χ4v) is 2.53. The average molecular weight is 239 g/mol. The quantitative estimate of drug-likeness (QED) is 0.792. The van der Waals surface area contributed by atoms with Crippen LogP contribution in [0.25, 0.3) is 0 Å². The molecule has 2 nitrogen and oxygen atoms in total. The van der Waals surface area contributed by atoms with Crippen molar-refractivity contribution < 1.29 is 18.3 Å². The van der Waals surface area contributed by atoms with E-state index in [4.69, 9.17) is 0 Å². The molecule has 1 aliphatic rings. The molecule has 0 amide bonds. The highest BCUT2D eigenvalue weighted by Gasteiger charge is 2.42. The number of hydrogen-bond acceptors (Lipinski definition) is 2. The zero-order chi connectivity index (χ0) is 12.4. The molecule has 16 heavy (non-hydrogen) atoms. The summed E-state index contributed by atoms with van der Waals surface area (Å²) >= 11 is 0. The fourth-order valence-electron chi connectivity index (χ4n) is 2.53. The Kier molecular flexibility index (Phi) is 4.23. The minimum atomic E-state index is -4.22. The third kappa shape index (κ3) is 3.35. The Morgan fingerprint density at radius 3 is 2.44 bits per heavy atom. The molecule has 0 aromatic rings. The van der Waals surface area contributed by atoms with E-state index in [1.54, 1.807) is 0 Å². The maximum Gasteiger partial charge on any atom is 0.401 e. The number of aliphatic hydroxyl groups is 1. The van der Waals surface area contributed by atoms with Crippen LogP contribution in [0.2, 0.25) is 0 Å². The molecule has 1 rings (SSSR count). The number of nitrogens with one attached hydrogen (secondary N) is 1. The summed E-state index contributed by atoms with van der Waals surface area (Å²) in [4.78, 5) is 0. The van der Waals surface area contributed by atoms with E-state index >= 15 is 0 Å². The van der Waals surface area contributed by atoms with Crippen molar-refractivity contribution in [2.24, 2.45) is 11.8 Å². The van der Waals surface area contributed by atoms with E-state index in [0.717, 1.165) is 12.8 Å². The van der Waals surface area contributed by atoms with E-state index in [0.29, 0.717) is 12.3 Å². The van der Waals surface area contributed by atoms with Crippen molar-refractivity contribution in [1.82, 2.24) is 5.32 Å². The van der Waals surface area contributed by atoms with Crippen molar-refractivity contribution in [3.8, 4) is 0 Å². The van der Waals surface area contributed by atoms with Gasteiger partial charge in [0.2, 0.25) is 0 Å². The van der Waals surface area contributed by atoms with Gasteiger partial charge in [-0.3, -0.25) is 0 Å². The number of rotatable bonds is 3. The molecule has 1 aliphatic carbocycles. The number of hydrogen-bond donors (Lipinski definition) is 2. The van der Waals surface area contributed by atoms with Crippen LogP contribution in [0.5, 0.6) is 0 Å². The lowest BCUT2D eigenvalue weighted by Gasteiger charge is -2.44. The second-order valence-electron chi connectivity index (χ2n) is 5.06. The zero-order valence-corrected chi connectivity index (χ0v) is 9.77. The van der Waals surface area contributed by atoms with E-state index < -0.39 is 18.3 Å². The normalized spacial score (nSPS) is 36.4. The molecule has 0 bridgehead atoms. The Morgan fingerprint density at radius 2 is 2.00 bits per heavy atom. The van der Waals surface area contributed by atoms with Gasteiger partial charge in [-0.2, -0.15) is 13.2 Å². The highest BCUT2D eigenvalue weighted by Crippen LogP contribution is 2.36. The molecule has 0 heterocycles. The molecule has 0 spiro atoms. The first kappa shape index (κ1) is 13.8. The van der Waals surface area contributed by atoms with Gasteiger partial charge in [0.15, 0.2) is 0 Å². The minimum Gasteiger partial charge on any atom is -0.394 e. The lowest BCUT2D eigenvalue weighted by atomic mass is 9.70. The summed E-state index contributed by atoms with van der Waals surface area (Å²) < 4.78 is 36.5. The zero-order valence-electron chi connectivity index (χ0n) is 9.77. The lowest BCUT2D eigenvalue weighted by molar-refractivity contribution is -0.133. The molecule has 1 saturated carbocycles. The van der Waals surface area contributed by atoms with Crippen LogP contribution in [0, 0.1) is 11.8 Å². The van der Waals surface area contributed by atoms with Gasteiger partial charge in [0.05, 0.1) is 13.2 Å². The number of alkyl halides is 3. The SMILES string of the molecule is CC1CCC(CO)(NCC(F)(F)F)C(C)C1. The summed E-state index contributed by atoms with van der Waals surface area (Å²) in [6.07, 6.45) is -1.87. The molecule has 3 unspecified atom stereocenters. The van der Waals surface area contributed by atoms with Crippen LogP contribution in [0.4, 0.5) is 13.2 Å². The Labute approximate surface area is 94.2 Å². The van der Waals surface area contributed by atoms with Gasteiger partial charge in [0.1, 0.15) is 0 Å². The lowest BCUT2D eigenvalue weighted by Crippen LogP contribution is -2.58. The first-order valence-corrected chi connectivity index (χ1v) is 5.72. The van der Waals surface area contributed by atoms with Crippen molar-refractivity contribution in [1.29, 1.82) is 0 Å². The van der Waals surface area contributed by atoms with Crippen molar-refractivity contribution in [3.05, 3.63) is 0 Å². The molecule has 3 atom stereocenters. The van der Waals surface area contributed by atoms with Crippen molar-refractivity contribution in [2.75, 3.05) is 13.2 Å².